The molecule has 0 unspecified atom stereocenters. The average Bonchev–Trinajstić information content (AvgIpc) is 2.33. The van der Waals surface area contributed by atoms with Crippen molar-refractivity contribution >= 4 is 10.8 Å². The minimum atomic E-state index is 0.948. The lowest BCUT2D eigenvalue weighted by molar-refractivity contribution is 0.531. The van der Waals surface area contributed by atoms with Crippen LogP contribution in [-0.2, 0) is 0 Å². The number of hydrogen-bond acceptors (Lipinski definition) is 1. The first kappa shape index (κ1) is 6.47. The number of hydrogen-bond donors (Lipinski definition) is 0. The molecule has 2 aromatic rings. The van der Waals surface area contributed by atoms with Crippen LogP contribution in [0.1, 0.15) is 11.3 Å². The molecule has 0 fully saturated rings. The molecule has 1 nitrogen and oxygen atoms in total. The van der Waals surface area contributed by atoms with E-state index in [0.29, 0.717) is 0 Å². The van der Waals surface area contributed by atoms with Gasteiger partial charge in [0.2, 0.25) is 0 Å². The van der Waals surface area contributed by atoms with Crippen LogP contribution >= 0.6 is 0 Å². The molecule has 0 saturated carbocycles. The van der Waals surface area contributed by atoms with Crippen LogP contribution in [0, 0.1) is 20.1 Å². The zero-order valence-corrected chi connectivity index (χ0v) is 6.64. The lowest BCUT2D eigenvalue weighted by atomic mass is 10.1. The van der Waals surface area contributed by atoms with E-state index in [-0.39, 0.29) is 0 Å². The van der Waals surface area contributed by atoms with Crippen LogP contribution in [0.15, 0.2) is 22.6 Å². The molecule has 0 bridgehead atoms. The molecular weight excluding hydrogens is 136 g/mol. The van der Waals surface area contributed by atoms with Gasteiger partial charge in [0.25, 0.3) is 0 Å². The van der Waals surface area contributed by atoms with Gasteiger partial charge in [-0.25, -0.2) is 0 Å². The molecule has 1 radical (unpaired) electrons. The van der Waals surface area contributed by atoms with Crippen LogP contribution in [0.2, 0.25) is 0 Å². The Kier molecular flexibility index (Phi) is 1.25. The smallest absolute Gasteiger partial charge is 0.178 e. The number of benzene rings is 1. The van der Waals surface area contributed by atoms with Crippen molar-refractivity contribution in [2.75, 3.05) is 0 Å². The van der Waals surface area contributed by atoms with E-state index in [1.54, 1.807) is 0 Å². The van der Waals surface area contributed by atoms with Crippen LogP contribution in [-0.4, -0.2) is 0 Å². The maximum absolute atomic E-state index is 5.14. The molecule has 0 aliphatic heterocycles. The van der Waals surface area contributed by atoms with Crippen molar-refractivity contribution in [2.24, 2.45) is 0 Å². The second kappa shape index (κ2) is 2.12. The molecule has 0 N–H and O–H groups in total. The third-order valence-electron chi connectivity index (χ3n) is 1.87. The average molecular weight is 145 g/mol. The molecule has 11 heavy (non-hydrogen) atoms. The van der Waals surface area contributed by atoms with E-state index in [0.717, 1.165) is 11.1 Å². The summed E-state index contributed by atoms with van der Waals surface area (Å²) < 4.78 is 5.14. The fourth-order valence-corrected chi connectivity index (χ4v) is 1.22. The Morgan fingerprint density at radius 3 is 2.91 bits per heavy atom. The highest BCUT2D eigenvalue weighted by Gasteiger charge is 2.00. The molecule has 0 atom stereocenters. The Labute approximate surface area is 65.6 Å². The van der Waals surface area contributed by atoms with Gasteiger partial charge in [0.05, 0.1) is 0 Å². The van der Waals surface area contributed by atoms with Crippen molar-refractivity contribution in [3.63, 3.8) is 0 Å². The summed E-state index contributed by atoms with van der Waals surface area (Å²) in [6.07, 6.45) is 2.84. The van der Waals surface area contributed by atoms with Gasteiger partial charge < -0.3 is 4.42 Å². The molecule has 0 aliphatic rings. The second-order valence-electron chi connectivity index (χ2n) is 2.81. The molecule has 1 aromatic carbocycles. The van der Waals surface area contributed by atoms with Crippen LogP contribution in [0.5, 0.6) is 0 Å². The third kappa shape index (κ3) is 0.929. The van der Waals surface area contributed by atoms with Gasteiger partial charge in [0, 0.05) is 10.8 Å². The minimum Gasteiger partial charge on any atom is -0.457 e. The van der Waals surface area contributed by atoms with Gasteiger partial charge in [-0.05, 0) is 19.9 Å². The van der Waals surface area contributed by atoms with Crippen molar-refractivity contribution in [3.05, 3.63) is 35.8 Å². The maximum atomic E-state index is 5.14. The van der Waals surface area contributed by atoms with E-state index in [9.17, 15) is 0 Å². The van der Waals surface area contributed by atoms with Crippen LogP contribution in [0.25, 0.3) is 10.8 Å². The zero-order chi connectivity index (χ0) is 7.84. The van der Waals surface area contributed by atoms with Gasteiger partial charge in [-0.2, -0.15) is 0 Å². The van der Waals surface area contributed by atoms with Crippen molar-refractivity contribution in [1.29, 1.82) is 0 Å². The SMILES string of the molecule is Cc1ccc2[c]oc(C)c2c1. The summed E-state index contributed by atoms with van der Waals surface area (Å²) in [6, 6.07) is 6.21. The first-order valence-electron chi connectivity index (χ1n) is 3.65. The number of fused-ring (bicyclic) bond motifs is 1. The summed E-state index contributed by atoms with van der Waals surface area (Å²) in [7, 11) is 0. The highest BCUT2D eigenvalue weighted by molar-refractivity contribution is 5.83. The Morgan fingerprint density at radius 1 is 1.27 bits per heavy atom. The Balaban J connectivity index is 2.87. The molecule has 1 heterocycles. The summed E-state index contributed by atoms with van der Waals surface area (Å²) in [5, 5.41) is 2.23. The van der Waals surface area contributed by atoms with Crippen LogP contribution in [0.3, 0.4) is 0 Å². The number of furan rings is 1. The molecule has 55 valence electrons. The van der Waals surface area contributed by atoms with Gasteiger partial charge >= 0.3 is 0 Å². The Bertz CT molecular complexity index is 385. The largest absolute Gasteiger partial charge is 0.457 e. The van der Waals surface area contributed by atoms with Crippen LogP contribution in [0.4, 0.5) is 0 Å². The molecule has 0 aliphatic carbocycles. The number of aryl methyl sites for hydroxylation is 2. The van der Waals surface area contributed by atoms with Crippen molar-refractivity contribution in [2.45, 2.75) is 13.8 Å². The normalized spacial score (nSPS) is 10.7. The molecule has 1 heteroatoms. The molecule has 0 saturated heterocycles. The standard InChI is InChI=1S/C10H9O/c1-7-3-4-9-6-11-8(2)10(9)5-7/h3-5H,1-2H3. The predicted molar refractivity (Wildman–Crippen MR) is 44.5 cm³/mol. The molecule has 0 amide bonds. The Hall–Kier alpha value is -1.24. The quantitative estimate of drug-likeness (QED) is 0.555. The maximum Gasteiger partial charge on any atom is 0.178 e. The van der Waals surface area contributed by atoms with E-state index < -0.39 is 0 Å². The molecule has 0 spiro atoms. The number of rotatable bonds is 0. The van der Waals surface area contributed by atoms with Gasteiger partial charge in [-0.3, -0.25) is 0 Å². The third-order valence-corrected chi connectivity index (χ3v) is 1.87. The summed E-state index contributed by atoms with van der Waals surface area (Å²) >= 11 is 0. The molecule has 1 aromatic heterocycles. The van der Waals surface area contributed by atoms with Crippen molar-refractivity contribution in [1.82, 2.24) is 0 Å². The highest BCUT2D eigenvalue weighted by atomic mass is 16.3. The molecule has 2 rings (SSSR count). The highest BCUT2D eigenvalue weighted by Crippen LogP contribution is 2.20. The lowest BCUT2D eigenvalue weighted by Gasteiger charge is -1.91. The topological polar surface area (TPSA) is 13.1 Å². The van der Waals surface area contributed by atoms with Crippen molar-refractivity contribution < 1.29 is 4.42 Å². The fraction of sp³-hybridized carbons (Fsp3) is 0.200. The van der Waals surface area contributed by atoms with E-state index in [4.69, 9.17) is 4.42 Å². The minimum absolute atomic E-state index is 0.948. The Morgan fingerprint density at radius 2 is 2.09 bits per heavy atom. The van der Waals surface area contributed by atoms with Crippen molar-refractivity contribution in [3.8, 4) is 0 Å². The van der Waals surface area contributed by atoms with Gasteiger partial charge in [0.15, 0.2) is 6.26 Å². The monoisotopic (exact) mass is 145 g/mol. The van der Waals surface area contributed by atoms with E-state index in [2.05, 4.69) is 25.3 Å². The fourth-order valence-electron chi connectivity index (χ4n) is 1.22. The molecular formula is C10H9O. The summed E-state index contributed by atoms with van der Waals surface area (Å²) in [4.78, 5) is 0. The first-order valence-corrected chi connectivity index (χ1v) is 3.65. The second-order valence-corrected chi connectivity index (χ2v) is 2.81. The summed E-state index contributed by atoms with van der Waals surface area (Å²) in [5.41, 5.74) is 1.26. The van der Waals surface area contributed by atoms with E-state index in [1.165, 1.54) is 10.9 Å². The van der Waals surface area contributed by atoms with Gasteiger partial charge in [-0.1, -0.05) is 17.7 Å². The predicted octanol–water partition coefficient (Wildman–Crippen LogP) is 2.85. The van der Waals surface area contributed by atoms with Crippen LogP contribution < -0.4 is 0 Å². The summed E-state index contributed by atoms with van der Waals surface area (Å²) in [5.74, 6) is 0.948. The lowest BCUT2D eigenvalue weighted by Crippen LogP contribution is -1.71. The first-order chi connectivity index (χ1) is 5.27. The van der Waals surface area contributed by atoms with Gasteiger partial charge in [-0.15, -0.1) is 0 Å². The van der Waals surface area contributed by atoms with Gasteiger partial charge in [0.1, 0.15) is 5.76 Å². The van der Waals surface area contributed by atoms with E-state index >= 15 is 0 Å². The van der Waals surface area contributed by atoms with E-state index in [1.807, 2.05) is 13.0 Å². The zero-order valence-electron chi connectivity index (χ0n) is 6.64. The summed E-state index contributed by atoms with van der Waals surface area (Å²) in [6.45, 7) is 4.03.